The summed E-state index contributed by atoms with van der Waals surface area (Å²) in [5.41, 5.74) is 13.4. The topological polar surface area (TPSA) is 16.4 Å². The molecule has 0 saturated carbocycles. The van der Waals surface area contributed by atoms with E-state index in [4.69, 9.17) is 4.42 Å². The number of para-hydroxylation sites is 1. The zero-order valence-electron chi connectivity index (χ0n) is 32.0. The highest BCUT2D eigenvalue weighted by atomic mass is 16.3. The lowest BCUT2D eigenvalue weighted by Gasteiger charge is -2.28. The van der Waals surface area contributed by atoms with Gasteiger partial charge in [0.2, 0.25) is 0 Å². The van der Waals surface area contributed by atoms with Gasteiger partial charge in [-0.2, -0.15) is 0 Å². The highest BCUT2D eigenvalue weighted by molar-refractivity contribution is 6.26. The summed E-state index contributed by atoms with van der Waals surface area (Å²) in [6.07, 6.45) is 0. The van der Waals surface area contributed by atoms with Gasteiger partial charge in [0.25, 0.3) is 0 Å². The maximum atomic E-state index is 7.08. The molecule has 272 valence electrons. The Bertz CT molecular complexity index is 3330. The van der Waals surface area contributed by atoms with Crippen LogP contribution in [0.25, 0.3) is 76.5 Å². The number of nitrogens with zero attached hydrogens (tertiary/aromatic N) is 1. The van der Waals surface area contributed by atoms with Crippen molar-refractivity contribution in [3.05, 3.63) is 223 Å². The second-order valence-electron chi connectivity index (χ2n) is 15.7. The van der Waals surface area contributed by atoms with E-state index in [1.54, 1.807) is 0 Å². The molecule has 58 heavy (non-hydrogen) atoms. The number of furan rings is 1. The number of benzene rings is 10. The number of hydrogen-bond donors (Lipinski definition) is 0. The Balaban J connectivity index is 1.12. The first-order chi connectivity index (χ1) is 28.7. The largest absolute Gasteiger partial charge is 0.456 e. The second kappa shape index (κ2) is 12.5. The van der Waals surface area contributed by atoms with Gasteiger partial charge in [-0.15, -0.1) is 0 Å². The van der Waals surface area contributed by atoms with Crippen LogP contribution in [0.2, 0.25) is 0 Å². The highest BCUT2D eigenvalue weighted by Gasteiger charge is 2.42. The van der Waals surface area contributed by atoms with Gasteiger partial charge in [0.15, 0.2) is 0 Å². The lowest BCUT2D eigenvalue weighted by Crippen LogP contribution is -2.22. The summed E-state index contributed by atoms with van der Waals surface area (Å²) in [4.78, 5) is 2.42. The van der Waals surface area contributed by atoms with Crippen LogP contribution in [0.4, 0.5) is 17.1 Å². The Kier molecular flexibility index (Phi) is 7.09. The van der Waals surface area contributed by atoms with Crippen molar-refractivity contribution in [2.45, 2.75) is 12.3 Å². The van der Waals surface area contributed by atoms with Gasteiger partial charge in [0.1, 0.15) is 11.2 Å². The summed E-state index contributed by atoms with van der Waals surface area (Å²) in [5.74, 6) is 0. The van der Waals surface area contributed by atoms with Gasteiger partial charge < -0.3 is 9.32 Å². The first kappa shape index (κ1) is 32.8. The molecule has 0 spiro atoms. The zero-order chi connectivity index (χ0) is 38.4. The van der Waals surface area contributed by atoms with Crippen LogP contribution in [0.3, 0.4) is 0 Å². The van der Waals surface area contributed by atoms with Gasteiger partial charge in [-0.1, -0.05) is 170 Å². The van der Waals surface area contributed by atoms with Crippen LogP contribution in [0.1, 0.15) is 23.6 Å². The van der Waals surface area contributed by atoms with Crippen LogP contribution >= 0.6 is 0 Å². The third kappa shape index (κ3) is 4.66. The van der Waals surface area contributed by atoms with Crippen molar-refractivity contribution in [3.8, 4) is 22.3 Å². The molecule has 0 aliphatic heterocycles. The van der Waals surface area contributed by atoms with E-state index in [0.29, 0.717) is 0 Å². The molecule has 11 aromatic rings. The summed E-state index contributed by atoms with van der Waals surface area (Å²) in [7, 11) is 0. The van der Waals surface area contributed by atoms with Gasteiger partial charge >= 0.3 is 0 Å². The molecule has 1 aliphatic rings. The molecule has 0 amide bonds. The maximum absolute atomic E-state index is 7.08. The van der Waals surface area contributed by atoms with Crippen molar-refractivity contribution in [1.29, 1.82) is 0 Å². The second-order valence-corrected chi connectivity index (χ2v) is 15.7. The van der Waals surface area contributed by atoms with Crippen LogP contribution in [0.15, 0.2) is 211 Å². The Morgan fingerprint density at radius 1 is 0.379 bits per heavy atom. The minimum absolute atomic E-state index is 0.393. The standard InChI is InChI=1S/C56H37NO/c1-56(49-24-11-9-21-45(49)46-22-10-12-25-50(46)56)51-26-13-23-47-54-52(27-14-28-53(54)58-55(47)51)57(38-31-29-37(30-32-38)36-15-3-2-4-16-36)39-33-34-44-42-19-6-5-17-40(42)41-18-7-8-20-43(41)48(44)35-39/h2-35H,1H3. The first-order valence-corrected chi connectivity index (χ1v) is 20.1. The summed E-state index contributed by atoms with van der Waals surface area (Å²) < 4.78 is 7.08. The molecule has 1 aromatic heterocycles. The summed E-state index contributed by atoms with van der Waals surface area (Å²) in [6.45, 7) is 2.37. The summed E-state index contributed by atoms with van der Waals surface area (Å²) in [6, 6.07) is 75.1. The smallest absolute Gasteiger partial charge is 0.139 e. The zero-order valence-corrected chi connectivity index (χ0v) is 32.0. The predicted molar refractivity (Wildman–Crippen MR) is 244 cm³/mol. The summed E-state index contributed by atoms with van der Waals surface area (Å²) >= 11 is 0. The van der Waals surface area contributed by atoms with E-state index in [-0.39, 0.29) is 0 Å². The van der Waals surface area contributed by atoms with Crippen LogP contribution in [0.5, 0.6) is 0 Å². The molecule has 1 heterocycles. The molecule has 0 bridgehead atoms. The molecule has 0 saturated heterocycles. The fourth-order valence-corrected chi connectivity index (χ4v) is 10.0. The maximum Gasteiger partial charge on any atom is 0.139 e. The fraction of sp³-hybridized carbons (Fsp3) is 0.0357. The SMILES string of the molecule is CC1(c2cccc3c2oc2cccc(N(c4ccc(-c5ccccc5)cc4)c4ccc5c6ccccc6c6ccccc6c5c4)c23)c2ccccc2-c2ccccc21. The molecular weight excluding hydrogens is 703 g/mol. The van der Waals surface area contributed by atoms with E-state index in [1.165, 1.54) is 71.3 Å². The third-order valence-corrected chi connectivity index (χ3v) is 12.7. The molecule has 0 radical (unpaired) electrons. The number of fused-ring (bicyclic) bond motifs is 12. The highest BCUT2D eigenvalue weighted by Crippen LogP contribution is 2.55. The molecule has 2 nitrogen and oxygen atoms in total. The van der Waals surface area contributed by atoms with Crippen LogP contribution < -0.4 is 4.90 Å². The van der Waals surface area contributed by atoms with Crippen molar-refractivity contribution >= 4 is 71.3 Å². The Morgan fingerprint density at radius 3 is 1.55 bits per heavy atom. The lowest BCUT2D eigenvalue weighted by atomic mass is 9.74. The number of hydrogen-bond acceptors (Lipinski definition) is 2. The van der Waals surface area contributed by atoms with Crippen molar-refractivity contribution < 1.29 is 4.42 Å². The molecule has 1 aliphatic carbocycles. The third-order valence-electron chi connectivity index (χ3n) is 12.7. The molecule has 0 N–H and O–H groups in total. The Hall–Kier alpha value is -7.42. The number of anilines is 3. The molecular formula is C56H37NO. The summed E-state index contributed by atoms with van der Waals surface area (Å²) in [5, 5.41) is 9.74. The van der Waals surface area contributed by atoms with Gasteiger partial charge in [-0.05, 0) is 109 Å². The Labute approximate surface area is 336 Å². The van der Waals surface area contributed by atoms with E-state index in [0.717, 1.165) is 39.0 Å². The molecule has 0 unspecified atom stereocenters. The predicted octanol–water partition coefficient (Wildman–Crippen LogP) is 15.5. The molecule has 10 aromatic carbocycles. The van der Waals surface area contributed by atoms with Crippen LogP contribution in [-0.2, 0) is 5.41 Å². The molecule has 0 fully saturated rings. The van der Waals surface area contributed by atoms with Crippen molar-refractivity contribution in [2.24, 2.45) is 0 Å². The van der Waals surface area contributed by atoms with Crippen molar-refractivity contribution in [1.82, 2.24) is 0 Å². The average molecular weight is 740 g/mol. The van der Waals surface area contributed by atoms with Crippen LogP contribution in [-0.4, -0.2) is 0 Å². The average Bonchev–Trinajstić information content (AvgIpc) is 3.81. The van der Waals surface area contributed by atoms with Crippen molar-refractivity contribution in [2.75, 3.05) is 4.90 Å². The molecule has 2 heteroatoms. The quantitative estimate of drug-likeness (QED) is 0.163. The first-order valence-electron chi connectivity index (χ1n) is 20.1. The van der Waals surface area contributed by atoms with Gasteiger partial charge in [-0.25, -0.2) is 0 Å². The van der Waals surface area contributed by atoms with Gasteiger partial charge in [-0.3, -0.25) is 0 Å². The van der Waals surface area contributed by atoms with Crippen molar-refractivity contribution in [3.63, 3.8) is 0 Å². The lowest BCUT2D eigenvalue weighted by molar-refractivity contribution is 0.638. The normalized spacial score (nSPS) is 13.1. The molecule has 0 atom stereocenters. The minimum Gasteiger partial charge on any atom is -0.456 e. The fourth-order valence-electron chi connectivity index (χ4n) is 10.0. The van der Waals surface area contributed by atoms with Gasteiger partial charge in [0.05, 0.1) is 11.1 Å². The van der Waals surface area contributed by atoms with E-state index >= 15 is 0 Å². The van der Waals surface area contributed by atoms with E-state index in [2.05, 4.69) is 218 Å². The monoisotopic (exact) mass is 739 g/mol. The number of rotatable bonds is 5. The van der Waals surface area contributed by atoms with E-state index < -0.39 is 5.41 Å². The van der Waals surface area contributed by atoms with E-state index in [1.807, 2.05) is 0 Å². The Morgan fingerprint density at radius 2 is 0.879 bits per heavy atom. The van der Waals surface area contributed by atoms with Crippen LogP contribution in [0, 0.1) is 0 Å². The van der Waals surface area contributed by atoms with Gasteiger partial charge in [0, 0.05) is 27.7 Å². The minimum atomic E-state index is -0.393. The van der Waals surface area contributed by atoms with E-state index in [9.17, 15) is 0 Å². The molecule has 12 rings (SSSR count).